The van der Waals surface area contributed by atoms with Crippen LogP contribution in [0, 0.1) is 0 Å². The fourth-order valence-corrected chi connectivity index (χ4v) is 4.11. The molecule has 1 saturated heterocycles. The van der Waals surface area contributed by atoms with Gasteiger partial charge in [0.25, 0.3) is 0 Å². The molecule has 4 rings (SSSR count). The van der Waals surface area contributed by atoms with Crippen LogP contribution >= 0.6 is 0 Å². The van der Waals surface area contributed by atoms with E-state index in [9.17, 15) is 9.59 Å². The van der Waals surface area contributed by atoms with Crippen LogP contribution in [-0.4, -0.2) is 86.9 Å². The van der Waals surface area contributed by atoms with Crippen LogP contribution < -0.4 is 9.47 Å². The molecule has 1 aromatic heterocycles. The molecular formula is C27H31N3O7. The van der Waals surface area contributed by atoms with Crippen molar-refractivity contribution in [2.45, 2.75) is 6.92 Å². The summed E-state index contributed by atoms with van der Waals surface area (Å²) in [5, 5.41) is 4.64. The summed E-state index contributed by atoms with van der Waals surface area (Å²) in [4.78, 5) is 28.0. The van der Waals surface area contributed by atoms with Gasteiger partial charge >= 0.3 is 11.9 Å². The van der Waals surface area contributed by atoms with Crippen molar-refractivity contribution in [3.05, 3.63) is 59.8 Å². The van der Waals surface area contributed by atoms with Crippen LogP contribution in [0.2, 0.25) is 0 Å². The molecule has 10 nitrogen and oxygen atoms in total. The summed E-state index contributed by atoms with van der Waals surface area (Å²) < 4.78 is 28.7. The molecule has 2 aromatic carbocycles. The number of hydrogen-bond donors (Lipinski definition) is 0. The van der Waals surface area contributed by atoms with Gasteiger partial charge in [-0.05, 0) is 37.3 Å². The van der Waals surface area contributed by atoms with Crippen LogP contribution in [0.3, 0.4) is 0 Å². The van der Waals surface area contributed by atoms with Crippen molar-refractivity contribution in [1.29, 1.82) is 0 Å². The number of carbonyl (C=O) groups is 2. The lowest BCUT2D eigenvalue weighted by molar-refractivity contribution is 0.0321. The third-order valence-electron chi connectivity index (χ3n) is 5.94. The van der Waals surface area contributed by atoms with Gasteiger partial charge in [0.1, 0.15) is 17.9 Å². The zero-order valence-electron chi connectivity index (χ0n) is 21.3. The molecule has 0 atom stereocenters. The van der Waals surface area contributed by atoms with E-state index in [0.717, 1.165) is 32.8 Å². The maximum atomic E-state index is 12.9. The van der Waals surface area contributed by atoms with Gasteiger partial charge in [-0.2, -0.15) is 5.10 Å². The third kappa shape index (κ3) is 5.92. The van der Waals surface area contributed by atoms with Gasteiger partial charge in [0.05, 0.1) is 39.7 Å². The molecule has 0 radical (unpaired) electrons. The quantitative estimate of drug-likeness (QED) is 0.381. The van der Waals surface area contributed by atoms with Crippen molar-refractivity contribution in [3.8, 4) is 28.4 Å². The Labute approximate surface area is 215 Å². The smallest absolute Gasteiger partial charge is 0.357 e. The standard InChI is InChI=1S/C27H31N3O7/c1-4-36-22-18-19(10-11-21(22)37-17-14-29-12-15-35-16-13-29)24-23(26(31)33-2)25(27(32)34-3)30(28-24)20-8-6-5-7-9-20/h5-11,18H,4,12-17H2,1-3H3. The number of ether oxygens (including phenoxy) is 5. The average Bonchev–Trinajstić information content (AvgIpc) is 3.35. The van der Waals surface area contributed by atoms with Crippen molar-refractivity contribution in [2.75, 3.05) is 60.3 Å². The van der Waals surface area contributed by atoms with Gasteiger partial charge in [-0.1, -0.05) is 18.2 Å². The van der Waals surface area contributed by atoms with Gasteiger partial charge in [0, 0.05) is 25.2 Å². The summed E-state index contributed by atoms with van der Waals surface area (Å²) in [5.74, 6) is -0.335. The Kier molecular flexibility index (Phi) is 8.76. The summed E-state index contributed by atoms with van der Waals surface area (Å²) in [7, 11) is 2.51. The highest BCUT2D eigenvalue weighted by atomic mass is 16.5. The molecule has 3 aromatic rings. The number of esters is 2. The number of aromatic nitrogens is 2. The topological polar surface area (TPSA) is 101 Å². The Morgan fingerprint density at radius 2 is 1.68 bits per heavy atom. The second kappa shape index (κ2) is 12.4. The maximum absolute atomic E-state index is 12.9. The summed E-state index contributed by atoms with van der Waals surface area (Å²) in [6.07, 6.45) is 0. The fraction of sp³-hybridized carbons (Fsp3) is 0.370. The Morgan fingerprint density at radius 1 is 0.946 bits per heavy atom. The van der Waals surface area contributed by atoms with Crippen LogP contribution in [-0.2, 0) is 14.2 Å². The molecular weight excluding hydrogens is 478 g/mol. The highest BCUT2D eigenvalue weighted by Crippen LogP contribution is 2.35. The summed E-state index contributed by atoms with van der Waals surface area (Å²) in [5.41, 5.74) is 1.38. The van der Waals surface area contributed by atoms with E-state index in [2.05, 4.69) is 10.00 Å². The summed E-state index contributed by atoms with van der Waals surface area (Å²) in [6, 6.07) is 14.3. The summed E-state index contributed by atoms with van der Waals surface area (Å²) in [6.45, 7) is 6.76. The van der Waals surface area contributed by atoms with E-state index < -0.39 is 11.9 Å². The van der Waals surface area contributed by atoms with Crippen molar-refractivity contribution in [2.24, 2.45) is 0 Å². The van der Waals surface area contributed by atoms with Gasteiger partial charge in [-0.25, -0.2) is 14.3 Å². The van der Waals surface area contributed by atoms with Gasteiger partial charge in [0.2, 0.25) is 0 Å². The molecule has 196 valence electrons. The van der Waals surface area contributed by atoms with Gasteiger partial charge in [-0.3, -0.25) is 4.90 Å². The Hall–Kier alpha value is -3.89. The Balaban J connectivity index is 1.73. The van der Waals surface area contributed by atoms with Crippen molar-refractivity contribution in [3.63, 3.8) is 0 Å². The summed E-state index contributed by atoms with van der Waals surface area (Å²) >= 11 is 0. The van der Waals surface area contributed by atoms with E-state index in [0.29, 0.717) is 36.0 Å². The van der Waals surface area contributed by atoms with Crippen molar-refractivity contribution >= 4 is 11.9 Å². The number of rotatable bonds is 10. The number of para-hydroxylation sites is 1. The number of methoxy groups -OCH3 is 2. The molecule has 37 heavy (non-hydrogen) atoms. The molecule has 1 aliphatic heterocycles. The molecule has 0 saturated carbocycles. The zero-order chi connectivity index (χ0) is 26.2. The normalized spacial score (nSPS) is 13.7. The van der Waals surface area contributed by atoms with E-state index in [1.165, 1.54) is 18.9 Å². The molecule has 2 heterocycles. The second-order valence-electron chi connectivity index (χ2n) is 8.20. The lowest BCUT2D eigenvalue weighted by Gasteiger charge is -2.26. The largest absolute Gasteiger partial charge is 0.490 e. The Morgan fingerprint density at radius 3 is 2.35 bits per heavy atom. The van der Waals surface area contributed by atoms with E-state index >= 15 is 0 Å². The first-order chi connectivity index (χ1) is 18.1. The minimum Gasteiger partial charge on any atom is -0.490 e. The molecule has 0 N–H and O–H groups in total. The molecule has 10 heteroatoms. The van der Waals surface area contributed by atoms with Gasteiger partial charge in [0.15, 0.2) is 17.2 Å². The maximum Gasteiger partial charge on any atom is 0.357 e. The molecule has 0 aliphatic carbocycles. The number of morpholine rings is 1. The minimum absolute atomic E-state index is 0.00152. The first-order valence-electron chi connectivity index (χ1n) is 12.1. The molecule has 1 aliphatic rings. The van der Waals surface area contributed by atoms with Crippen molar-refractivity contribution < 1.29 is 33.3 Å². The predicted molar refractivity (Wildman–Crippen MR) is 136 cm³/mol. The fourth-order valence-electron chi connectivity index (χ4n) is 4.11. The van der Waals surface area contributed by atoms with Crippen LogP contribution in [0.25, 0.3) is 16.9 Å². The van der Waals surface area contributed by atoms with Crippen LogP contribution in [0.1, 0.15) is 27.8 Å². The number of hydrogen-bond acceptors (Lipinski definition) is 9. The molecule has 0 bridgehead atoms. The average molecular weight is 510 g/mol. The number of nitrogens with zero attached hydrogens (tertiary/aromatic N) is 3. The van der Waals surface area contributed by atoms with E-state index in [-0.39, 0.29) is 17.0 Å². The number of benzene rings is 2. The Bertz CT molecular complexity index is 1220. The van der Waals surface area contributed by atoms with Crippen LogP contribution in [0.4, 0.5) is 0 Å². The van der Waals surface area contributed by atoms with E-state index in [1.54, 1.807) is 30.3 Å². The van der Waals surface area contributed by atoms with E-state index in [1.807, 2.05) is 25.1 Å². The highest BCUT2D eigenvalue weighted by molar-refractivity contribution is 6.06. The molecule has 1 fully saturated rings. The molecule has 0 amide bonds. The first-order valence-corrected chi connectivity index (χ1v) is 12.1. The highest BCUT2D eigenvalue weighted by Gasteiger charge is 2.31. The number of carbonyl (C=O) groups excluding carboxylic acids is 2. The molecule has 0 unspecified atom stereocenters. The van der Waals surface area contributed by atoms with Gasteiger partial charge in [-0.15, -0.1) is 0 Å². The first kappa shape index (κ1) is 26.2. The zero-order valence-corrected chi connectivity index (χ0v) is 21.3. The van der Waals surface area contributed by atoms with Crippen LogP contribution in [0.5, 0.6) is 11.5 Å². The predicted octanol–water partition coefficient (Wildman–Crippen LogP) is 3.22. The van der Waals surface area contributed by atoms with Gasteiger partial charge < -0.3 is 23.7 Å². The van der Waals surface area contributed by atoms with Crippen LogP contribution in [0.15, 0.2) is 48.5 Å². The van der Waals surface area contributed by atoms with Crippen molar-refractivity contribution in [1.82, 2.24) is 14.7 Å². The lowest BCUT2D eigenvalue weighted by atomic mass is 10.0. The lowest BCUT2D eigenvalue weighted by Crippen LogP contribution is -2.38. The third-order valence-corrected chi connectivity index (χ3v) is 5.94. The monoisotopic (exact) mass is 509 g/mol. The second-order valence-corrected chi connectivity index (χ2v) is 8.20. The molecule has 0 spiro atoms. The van der Waals surface area contributed by atoms with E-state index in [4.69, 9.17) is 23.7 Å². The minimum atomic E-state index is -0.712. The SMILES string of the molecule is CCOc1cc(-c2nn(-c3ccccc3)c(C(=O)OC)c2C(=O)OC)ccc1OCCN1CCOCC1.